The minimum absolute atomic E-state index is 0.0548. The molecule has 0 bridgehead atoms. The number of aliphatic carboxylic acids is 1. The Kier molecular flexibility index (Phi) is 4.43. The number of carboxylic acid groups (broad SMARTS) is 1. The molecule has 3 amide bonds. The van der Waals surface area contributed by atoms with Crippen molar-refractivity contribution in [3.05, 3.63) is 0 Å². The molecule has 3 N–H and O–H groups in total. The van der Waals surface area contributed by atoms with Gasteiger partial charge in [-0.15, -0.1) is 0 Å². The second-order valence-electron chi connectivity index (χ2n) is 5.05. The first-order valence-corrected chi connectivity index (χ1v) is 6.62. The van der Waals surface area contributed by atoms with E-state index in [1.165, 1.54) is 0 Å². The van der Waals surface area contributed by atoms with Crippen LogP contribution in [-0.2, 0) is 14.3 Å². The highest BCUT2D eigenvalue weighted by Crippen LogP contribution is 2.22. The molecular weight excluding hydrogens is 266 g/mol. The topological polar surface area (TPSA) is 108 Å². The second kappa shape index (κ2) is 6.08. The minimum atomic E-state index is -1.13. The number of urea groups is 1. The molecular formula is C12H19N3O5. The molecule has 1 saturated carbocycles. The van der Waals surface area contributed by atoms with E-state index in [4.69, 9.17) is 9.84 Å². The molecule has 8 nitrogen and oxygen atoms in total. The summed E-state index contributed by atoms with van der Waals surface area (Å²) in [5.41, 5.74) is 0. The lowest BCUT2D eigenvalue weighted by molar-refractivity contribution is -0.144. The van der Waals surface area contributed by atoms with Crippen molar-refractivity contribution in [1.82, 2.24) is 15.5 Å². The average molecular weight is 285 g/mol. The summed E-state index contributed by atoms with van der Waals surface area (Å²) < 4.78 is 5.28. The van der Waals surface area contributed by atoms with Crippen LogP contribution in [0.2, 0.25) is 0 Å². The number of carbonyl (C=O) groups excluding carboxylic acids is 2. The van der Waals surface area contributed by atoms with Gasteiger partial charge in [0.05, 0.1) is 12.1 Å². The summed E-state index contributed by atoms with van der Waals surface area (Å²) >= 11 is 0. The third-order valence-electron chi connectivity index (χ3n) is 3.79. The Labute approximate surface area is 116 Å². The normalized spacial score (nSPS) is 29.9. The number of nitrogens with one attached hydrogen (secondary N) is 2. The summed E-state index contributed by atoms with van der Waals surface area (Å²) in [6.45, 7) is -0.312. The Morgan fingerprint density at radius 1 is 1.45 bits per heavy atom. The zero-order valence-corrected chi connectivity index (χ0v) is 11.3. The Bertz CT molecular complexity index is 414. The van der Waals surface area contributed by atoms with Crippen molar-refractivity contribution in [3.63, 3.8) is 0 Å². The van der Waals surface area contributed by atoms with E-state index in [0.29, 0.717) is 0 Å². The quantitative estimate of drug-likeness (QED) is 0.626. The van der Waals surface area contributed by atoms with Crippen molar-refractivity contribution < 1.29 is 24.2 Å². The fourth-order valence-electron chi connectivity index (χ4n) is 2.69. The van der Waals surface area contributed by atoms with E-state index in [1.807, 2.05) is 0 Å². The zero-order valence-electron chi connectivity index (χ0n) is 11.3. The lowest BCUT2D eigenvalue weighted by Gasteiger charge is -2.34. The van der Waals surface area contributed by atoms with Crippen molar-refractivity contribution in [3.8, 4) is 0 Å². The van der Waals surface area contributed by atoms with Crippen molar-refractivity contribution in [2.24, 2.45) is 0 Å². The van der Waals surface area contributed by atoms with Gasteiger partial charge in [0.1, 0.15) is 12.6 Å². The number of carboxylic acids is 1. The van der Waals surface area contributed by atoms with Gasteiger partial charge in [-0.3, -0.25) is 9.69 Å². The highest BCUT2D eigenvalue weighted by atomic mass is 16.5. The number of hydrogen-bond donors (Lipinski definition) is 3. The number of methoxy groups -OCH3 is 1. The Hall–Kier alpha value is -1.83. The number of hydrogen-bond acceptors (Lipinski definition) is 4. The number of ether oxygens (including phenoxy) is 1. The van der Waals surface area contributed by atoms with Crippen molar-refractivity contribution in [2.45, 2.75) is 37.5 Å². The van der Waals surface area contributed by atoms with Gasteiger partial charge >= 0.3 is 12.0 Å². The van der Waals surface area contributed by atoms with Gasteiger partial charge in [-0.05, 0) is 19.3 Å². The van der Waals surface area contributed by atoms with E-state index in [2.05, 4.69) is 10.6 Å². The molecule has 20 heavy (non-hydrogen) atoms. The van der Waals surface area contributed by atoms with Crippen LogP contribution in [0.1, 0.15) is 19.3 Å². The summed E-state index contributed by atoms with van der Waals surface area (Å²) in [5, 5.41) is 14.3. The van der Waals surface area contributed by atoms with Gasteiger partial charge in [0.15, 0.2) is 0 Å². The van der Waals surface area contributed by atoms with Crippen LogP contribution in [0.3, 0.4) is 0 Å². The molecule has 2 aliphatic rings. The van der Waals surface area contributed by atoms with E-state index < -0.39 is 18.0 Å². The van der Waals surface area contributed by atoms with Crippen molar-refractivity contribution >= 4 is 17.9 Å². The predicted molar refractivity (Wildman–Crippen MR) is 68.1 cm³/mol. The molecule has 3 atom stereocenters. The lowest BCUT2D eigenvalue weighted by Crippen LogP contribution is -2.62. The first-order valence-electron chi connectivity index (χ1n) is 6.62. The highest BCUT2D eigenvalue weighted by molar-refractivity contribution is 5.90. The summed E-state index contributed by atoms with van der Waals surface area (Å²) in [4.78, 5) is 35.7. The van der Waals surface area contributed by atoms with Gasteiger partial charge in [0.2, 0.25) is 5.91 Å². The van der Waals surface area contributed by atoms with Crippen LogP contribution >= 0.6 is 0 Å². The molecule has 0 aromatic carbocycles. The minimum Gasteiger partial charge on any atom is -0.480 e. The van der Waals surface area contributed by atoms with Crippen LogP contribution in [-0.4, -0.2) is 66.3 Å². The average Bonchev–Trinajstić information content (AvgIpc) is 2.85. The van der Waals surface area contributed by atoms with Gasteiger partial charge in [0.25, 0.3) is 0 Å². The molecule has 0 radical (unpaired) electrons. The summed E-state index contributed by atoms with van der Waals surface area (Å²) in [7, 11) is 1.59. The predicted octanol–water partition coefficient (Wildman–Crippen LogP) is -0.851. The van der Waals surface area contributed by atoms with Gasteiger partial charge in [-0.2, -0.15) is 0 Å². The van der Waals surface area contributed by atoms with E-state index in [1.54, 1.807) is 7.11 Å². The third kappa shape index (κ3) is 3.01. The van der Waals surface area contributed by atoms with Gasteiger partial charge < -0.3 is 20.5 Å². The first-order chi connectivity index (χ1) is 9.52. The summed E-state index contributed by atoms with van der Waals surface area (Å²) in [5.74, 6) is -1.48. The van der Waals surface area contributed by atoms with Crippen LogP contribution in [0.5, 0.6) is 0 Å². The third-order valence-corrected chi connectivity index (χ3v) is 3.79. The molecule has 2 rings (SSSR count). The Balaban J connectivity index is 2.01. The van der Waals surface area contributed by atoms with Gasteiger partial charge in [-0.25, -0.2) is 9.59 Å². The Morgan fingerprint density at radius 3 is 2.85 bits per heavy atom. The smallest absolute Gasteiger partial charge is 0.328 e. The number of carbonyl (C=O) groups is 3. The zero-order chi connectivity index (χ0) is 14.7. The van der Waals surface area contributed by atoms with Gasteiger partial charge in [-0.1, -0.05) is 0 Å². The highest BCUT2D eigenvalue weighted by Gasteiger charge is 2.37. The van der Waals surface area contributed by atoms with Gasteiger partial charge in [0, 0.05) is 13.7 Å². The maximum atomic E-state index is 12.2. The molecule has 1 heterocycles. The number of nitrogens with zero attached hydrogens (tertiary/aromatic N) is 1. The number of rotatable bonds is 3. The molecule has 1 aliphatic carbocycles. The van der Waals surface area contributed by atoms with E-state index >= 15 is 0 Å². The molecule has 1 aliphatic heterocycles. The largest absolute Gasteiger partial charge is 0.480 e. The van der Waals surface area contributed by atoms with Crippen LogP contribution in [0.4, 0.5) is 4.79 Å². The van der Waals surface area contributed by atoms with Crippen LogP contribution in [0, 0.1) is 0 Å². The molecule has 1 saturated heterocycles. The second-order valence-corrected chi connectivity index (χ2v) is 5.05. The monoisotopic (exact) mass is 285 g/mol. The van der Waals surface area contributed by atoms with Crippen molar-refractivity contribution in [2.75, 3.05) is 20.2 Å². The molecule has 2 fully saturated rings. The molecule has 0 aromatic heterocycles. The molecule has 112 valence electrons. The number of piperazine rings is 1. The maximum Gasteiger partial charge on any atom is 0.328 e. The lowest BCUT2D eigenvalue weighted by atomic mass is 10.2. The fraction of sp³-hybridized carbons (Fsp3) is 0.750. The molecule has 0 aromatic rings. The standard InChI is InChI=1S/C12H19N3O5/c1-20-9-4-2-3-7(9)14-12(19)15-6-10(16)13-5-8(15)11(17)18/h7-9H,2-6H2,1H3,(H,13,16)(H,14,19)(H,17,18). The van der Waals surface area contributed by atoms with E-state index in [0.717, 1.165) is 24.2 Å². The van der Waals surface area contributed by atoms with E-state index in [-0.39, 0.29) is 31.1 Å². The Morgan fingerprint density at radius 2 is 2.20 bits per heavy atom. The SMILES string of the molecule is COC1CCCC1NC(=O)N1CC(=O)NCC1C(=O)O. The molecule has 0 spiro atoms. The van der Waals surface area contributed by atoms with E-state index in [9.17, 15) is 14.4 Å². The summed E-state index contributed by atoms with van der Waals surface area (Å²) in [6.07, 6.45) is 2.55. The van der Waals surface area contributed by atoms with Crippen LogP contribution < -0.4 is 10.6 Å². The first kappa shape index (κ1) is 14.6. The summed E-state index contributed by atoms with van der Waals surface area (Å²) in [6, 6.07) is -1.69. The van der Waals surface area contributed by atoms with Crippen molar-refractivity contribution in [1.29, 1.82) is 0 Å². The number of amides is 3. The maximum absolute atomic E-state index is 12.2. The fourth-order valence-corrected chi connectivity index (χ4v) is 2.69. The van der Waals surface area contributed by atoms with Crippen LogP contribution in [0.25, 0.3) is 0 Å². The molecule has 8 heteroatoms. The van der Waals surface area contributed by atoms with Crippen LogP contribution in [0.15, 0.2) is 0 Å². The molecule has 3 unspecified atom stereocenters.